The van der Waals surface area contributed by atoms with Crippen LogP contribution in [0.25, 0.3) is 10.9 Å². The smallest absolute Gasteiger partial charge is 0.258 e. The second-order valence-electron chi connectivity index (χ2n) is 6.99. The highest BCUT2D eigenvalue weighted by molar-refractivity contribution is 6.31. The van der Waals surface area contributed by atoms with Crippen molar-refractivity contribution < 1.29 is 9.53 Å². The zero-order valence-corrected chi connectivity index (χ0v) is 17.4. The summed E-state index contributed by atoms with van der Waals surface area (Å²) in [5, 5.41) is 3.90. The molecule has 0 unspecified atom stereocenters. The number of nitrogens with one attached hydrogen (secondary N) is 2. The lowest BCUT2D eigenvalue weighted by Gasteiger charge is -2.13. The number of halogens is 1. The number of carbonyl (C=O) groups is 1. The van der Waals surface area contributed by atoms with Crippen LogP contribution in [0.2, 0.25) is 5.02 Å². The van der Waals surface area contributed by atoms with Crippen molar-refractivity contribution in [1.82, 2.24) is 9.97 Å². The number of hydrogen-bond acceptors (Lipinski definition) is 4. The summed E-state index contributed by atoms with van der Waals surface area (Å²) < 4.78 is 5.87. The van der Waals surface area contributed by atoms with E-state index < -0.39 is 0 Å². The molecule has 3 aromatic carbocycles. The van der Waals surface area contributed by atoms with Crippen LogP contribution in [-0.2, 0) is 11.2 Å². The average molecular weight is 434 g/mol. The molecule has 31 heavy (non-hydrogen) atoms. The number of H-pyrrole nitrogens is 1. The third-order valence-corrected chi connectivity index (χ3v) is 4.90. The van der Waals surface area contributed by atoms with Crippen LogP contribution < -0.4 is 15.6 Å². The molecule has 0 aliphatic carbocycles. The van der Waals surface area contributed by atoms with E-state index in [1.54, 1.807) is 36.4 Å². The molecule has 0 saturated heterocycles. The SMILES string of the molecule is O=C(CCCc1nc2ccccc2c(=O)[nH]1)Nc1cc(Cl)ccc1Oc1ccccc1. The van der Waals surface area contributed by atoms with Gasteiger partial charge >= 0.3 is 0 Å². The Balaban J connectivity index is 1.39. The predicted molar refractivity (Wildman–Crippen MR) is 122 cm³/mol. The van der Waals surface area contributed by atoms with Crippen molar-refractivity contribution in [2.24, 2.45) is 0 Å². The summed E-state index contributed by atoms with van der Waals surface area (Å²) in [7, 11) is 0. The number of ether oxygens (including phenoxy) is 1. The van der Waals surface area contributed by atoms with Crippen LogP contribution in [0.1, 0.15) is 18.7 Å². The molecule has 7 heteroatoms. The van der Waals surface area contributed by atoms with Gasteiger partial charge in [-0.05, 0) is 48.9 Å². The number of aryl methyl sites for hydroxylation is 1. The zero-order chi connectivity index (χ0) is 21.6. The minimum absolute atomic E-state index is 0.174. The summed E-state index contributed by atoms with van der Waals surface area (Å²) in [4.78, 5) is 31.9. The molecule has 0 bridgehead atoms. The molecular formula is C24H20ClN3O3. The quantitative estimate of drug-likeness (QED) is 0.412. The highest BCUT2D eigenvalue weighted by atomic mass is 35.5. The summed E-state index contributed by atoms with van der Waals surface area (Å²) in [6, 6.07) is 21.5. The molecule has 1 amide bonds. The summed E-state index contributed by atoms with van der Waals surface area (Å²) in [5.41, 5.74) is 0.970. The van der Waals surface area contributed by atoms with Gasteiger partial charge in [0, 0.05) is 17.9 Å². The highest BCUT2D eigenvalue weighted by Gasteiger charge is 2.11. The lowest BCUT2D eigenvalue weighted by molar-refractivity contribution is -0.116. The van der Waals surface area contributed by atoms with E-state index in [4.69, 9.17) is 16.3 Å². The Bertz CT molecular complexity index is 1270. The van der Waals surface area contributed by atoms with Gasteiger partial charge in [0.25, 0.3) is 5.56 Å². The molecule has 4 rings (SSSR count). The molecule has 6 nitrogen and oxygen atoms in total. The number of rotatable bonds is 7. The first-order valence-corrected chi connectivity index (χ1v) is 10.3. The van der Waals surface area contributed by atoms with Crippen molar-refractivity contribution in [3.63, 3.8) is 0 Å². The number of para-hydroxylation sites is 2. The lowest BCUT2D eigenvalue weighted by Crippen LogP contribution is -2.14. The van der Waals surface area contributed by atoms with Gasteiger partial charge in [0.1, 0.15) is 11.6 Å². The van der Waals surface area contributed by atoms with E-state index in [1.807, 2.05) is 36.4 Å². The van der Waals surface area contributed by atoms with Crippen LogP contribution >= 0.6 is 11.6 Å². The van der Waals surface area contributed by atoms with Gasteiger partial charge in [-0.25, -0.2) is 4.98 Å². The third kappa shape index (κ3) is 5.29. The normalized spacial score (nSPS) is 10.7. The van der Waals surface area contributed by atoms with E-state index in [0.717, 1.165) is 0 Å². The number of hydrogen-bond donors (Lipinski definition) is 2. The monoisotopic (exact) mass is 433 g/mol. The van der Waals surface area contributed by atoms with Gasteiger partial charge in [0.15, 0.2) is 5.75 Å². The van der Waals surface area contributed by atoms with Crippen LogP contribution in [-0.4, -0.2) is 15.9 Å². The second-order valence-corrected chi connectivity index (χ2v) is 7.42. The number of carbonyl (C=O) groups excluding carboxylic acids is 1. The number of aromatic nitrogens is 2. The van der Waals surface area contributed by atoms with E-state index in [0.29, 0.717) is 51.8 Å². The Morgan fingerprint density at radius 3 is 2.65 bits per heavy atom. The molecule has 1 heterocycles. The topological polar surface area (TPSA) is 84.1 Å². The van der Waals surface area contributed by atoms with Gasteiger partial charge in [-0.3, -0.25) is 9.59 Å². The van der Waals surface area contributed by atoms with Crippen LogP contribution in [0.5, 0.6) is 11.5 Å². The molecule has 1 aromatic heterocycles. The van der Waals surface area contributed by atoms with Crippen molar-refractivity contribution in [1.29, 1.82) is 0 Å². The maximum absolute atomic E-state index is 12.5. The van der Waals surface area contributed by atoms with E-state index in [1.165, 1.54) is 0 Å². The van der Waals surface area contributed by atoms with Gasteiger partial charge in [-0.1, -0.05) is 41.9 Å². The minimum atomic E-state index is -0.177. The maximum Gasteiger partial charge on any atom is 0.258 e. The van der Waals surface area contributed by atoms with Crippen molar-refractivity contribution in [2.75, 3.05) is 5.32 Å². The van der Waals surface area contributed by atoms with Crippen molar-refractivity contribution >= 4 is 34.1 Å². The number of amides is 1. The summed E-state index contributed by atoms with van der Waals surface area (Å²) in [6.07, 6.45) is 1.27. The molecule has 0 spiro atoms. The van der Waals surface area contributed by atoms with Gasteiger partial charge in [0.05, 0.1) is 16.6 Å². The molecular weight excluding hydrogens is 414 g/mol. The first kappa shape index (κ1) is 20.6. The number of fused-ring (bicyclic) bond motifs is 1. The van der Waals surface area contributed by atoms with E-state index >= 15 is 0 Å². The minimum Gasteiger partial charge on any atom is -0.455 e. The highest BCUT2D eigenvalue weighted by Crippen LogP contribution is 2.32. The summed E-state index contributed by atoms with van der Waals surface area (Å²) in [5.74, 6) is 1.55. The maximum atomic E-state index is 12.5. The Hall–Kier alpha value is -3.64. The summed E-state index contributed by atoms with van der Waals surface area (Å²) >= 11 is 6.10. The fourth-order valence-corrected chi connectivity index (χ4v) is 3.36. The Morgan fingerprint density at radius 2 is 1.81 bits per heavy atom. The molecule has 0 atom stereocenters. The van der Waals surface area contributed by atoms with E-state index in [-0.39, 0.29) is 17.9 Å². The number of anilines is 1. The largest absolute Gasteiger partial charge is 0.455 e. The van der Waals surface area contributed by atoms with E-state index in [2.05, 4.69) is 15.3 Å². The van der Waals surface area contributed by atoms with Gasteiger partial charge < -0.3 is 15.0 Å². The average Bonchev–Trinajstić information content (AvgIpc) is 2.76. The van der Waals surface area contributed by atoms with Gasteiger partial charge in [-0.15, -0.1) is 0 Å². The zero-order valence-electron chi connectivity index (χ0n) is 16.6. The van der Waals surface area contributed by atoms with Crippen molar-refractivity contribution in [3.05, 3.63) is 94.0 Å². The summed E-state index contributed by atoms with van der Waals surface area (Å²) in [6.45, 7) is 0. The second kappa shape index (κ2) is 9.45. The molecule has 0 radical (unpaired) electrons. The van der Waals surface area contributed by atoms with Crippen LogP contribution in [0, 0.1) is 0 Å². The third-order valence-electron chi connectivity index (χ3n) is 4.67. The Morgan fingerprint density at radius 1 is 1.03 bits per heavy atom. The van der Waals surface area contributed by atoms with Gasteiger partial charge in [-0.2, -0.15) is 0 Å². The van der Waals surface area contributed by atoms with Gasteiger partial charge in [0.2, 0.25) is 5.91 Å². The fourth-order valence-electron chi connectivity index (χ4n) is 3.19. The molecule has 4 aromatic rings. The molecule has 0 saturated carbocycles. The standard InChI is InChI=1S/C24H20ClN3O3/c25-16-13-14-21(31-17-7-2-1-3-8-17)20(15-16)27-23(29)12-6-11-22-26-19-10-5-4-9-18(19)24(30)28-22/h1-5,7-10,13-15H,6,11-12H2,(H,27,29)(H,26,28,30). The Labute approximate surface area is 183 Å². The predicted octanol–water partition coefficient (Wildman–Crippen LogP) is 5.33. The van der Waals surface area contributed by atoms with Crippen LogP contribution in [0.4, 0.5) is 5.69 Å². The number of nitrogens with zero attached hydrogens (tertiary/aromatic N) is 1. The number of benzene rings is 3. The van der Waals surface area contributed by atoms with Crippen molar-refractivity contribution in [3.8, 4) is 11.5 Å². The first-order valence-electron chi connectivity index (χ1n) is 9.89. The number of aromatic amines is 1. The van der Waals surface area contributed by atoms with Crippen LogP contribution in [0.3, 0.4) is 0 Å². The Kier molecular flexibility index (Phi) is 6.29. The van der Waals surface area contributed by atoms with Crippen molar-refractivity contribution in [2.45, 2.75) is 19.3 Å². The lowest BCUT2D eigenvalue weighted by atomic mass is 10.2. The molecule has 0 fully saturated rings. The molecule has 156 valence electrons. The molecule has 0 aliphatic heterocycles. The molecule has 0 aliphatic rings. The first-order chi connectivity index (χ1) is 15.1. The molecule has 2 N–H and O–H groups in total. The fraction of sp³-hybridized carbons (Fsp3) is 0.125. The van der Waals surface area contributed by atoms with Crippen LogP contribution in [0.15, 0.2) is 77.6 Å². The van der Waals surface area contributed by atoms with E-state index in [9.17, 15) is 9.59 Å².